The van der Waals surface area contributed by atoms with E-state index in [1.54, 1.807) is 0 Å². The number of esters is 1. The van der Waals surface area contributed by atoms with Gasteiger partial charge >= 0.3 is 11.9 Å². The van der Waals surface area contributed by atoms with E-state index in [1.807, 2.05) is 0 Å². The zero-order chi connectivity index (χ0) is 16.0. The van der Waals surface area contributed by atoms with E-state index in [9.17, 15) is 18.0 Å². The van der Waals surface area contributed by atoms with Crippen molar-refractivity contribution in [1.82, 2.24) is 0 Å². The fourth-order valence-electron chi connectivity index (χ4n) is 1.48. The van der Waals surface area contributed by atoms with Crippen molar-refractivity contribution < 1.29 is 32.6 Å². The molecule has 0 bridgehead atoms. The van der Waals surface area contributed by atoms with Gasteiger partial charge in [-0.1, -0.05) is 0 Å². The molecule has 0 aliphatic rings. The molecule has 0 aliphatic heterocycles. The van der Waals surface area contributed by atoms with Gasteiger partial charge in [-0.25, -0.2) is 13.2 Å². The van der Waals surface area contributed by atoms with Gasteiger partial charge in [0.05, 0.1) is 32.1 Å². The Balaban J connectivity index is 2.87. The van der Waals surface area contributed by atoms with Crippen molar-refractivity contribution in [3.63, 3.8) is 0 Å². The standard InChI is InChI=1S/C12H15NO7S/c1-19-10-7-8(3-4-9(10)12(15)16)13-21(17,18)6-5-11(14)20-2/h3-4,7,13H,5-6H2,1-2H3,(H,15,16). The van der Waals surface area contributed by atoms with Crippen LogP contribution in [0.4, 0.5) is 5.69 Å². The molecule has 0 fully saturated rings. The van der Waals surface area contributed by atoms with Crippen LogP contribution in [0, 0.1) is 0 Å². The molecule has 0 aromatic heterocycles. The minimum Gasteiger partial charge on any atom is -0.496 e. The largest absolute Gasteiger partial charge is 0.496 e. The Labute approximate surface area is 121 Å². The van der Waals surface area contributed by atoms with E-state index in [0.717, 1.165) is 7.11 Å². The van der Waals surface area contributed by atoms with E-state index in [1.165, 1.54) is 25.3 Å². The van der Waals surface area contributed by atoms with Crippen LogP contribution in [0.25, 0.3) is 0 Å². The van der Waals surface area contributed by atoms with E-state index < -0.39 is 27.7 Å². The van der Waals surface area contributed by atoms with Gasteiger partial charge in [-0.15, -0.1) is 0 Å². The fourth-order valence-corrected chi connectivity index (χ4v) is 2.51. The average Bonchev–Trinajstić information content (AvgIpc) is 2.43. The molecule has 0 amide bonds. The van der Waals surface area contributed by atoms with Gasteiger partial charge in [0.25, 0.3) is 0 Å². The number of carbonyl (C=O) groups is 2. The van der Waals surface area contributed by atoms with E-state index in [0.29, 0.717) is 0 Å². The minimum atomic E-state index is -3.75. The molecule has 1 aromatic carbocycles. The molecule has 1 aromatic rings. The number of rotatable bonds is 7. The zero-order valence-corrected chi connectivity index (χ0v) is 12.3. The summed E-state index contributed by atoms with van der Waals surface area (Å²) in [5.41, 5.74) is 0.0525. The summed E-state index contributed by atoms with van der Waals surface area (Å²) >= 11 is 0. The molecule has 21 heavy (non-hydrogen) atoms. The van der Waals surface area contributed by atoms with Gasteiger partial charge in [0.15, 0.2) is 0 Å². The first-order valence-electron chi connectivity index (χ1n) is 5.77. The normalized spacial score (nSPS) is 10.8. The molecule has 1 rings (SSSR count). The lowest BCUT2D eigenvalue weighted by Gasteiger charge is -2.10. The molecule has 8 nitrogen and oxygen atoms in total. The summed E-state index contributed by atoms with van der Waals surface area (Å²) < 4.78 is 35.0. The van der Waals surface area contributed by atoms with Crippen molar-refractivity contribution in [2.45, 2.75) is 6.42 Å². The lowest BCUT2D eigenvalue weighted by molar-refractivity contribution is -0.140. The molecule has 0 spiro atoms. The molecular weight excluding hydrogens is 302 g/mol. The fraction of sp³-hybridized carbons (Fsp3) is 0.333. The van der Waals surface area contributed by atoms with Crippen LogP contribution in [-0.2, 0) is 19.6 Å². The van der Waals surface area contributed by atoms with Crippen molar-refractivity contribution >= 4 is 27.6 Å². The molecule has 0 unspecified atom stereocenters. The second-order valence-electron chi connectivity index (χ2n) is 3.97. The Bertz CT molecular complexity index is 639. The lowest BCUT2D eigenvalue weighted by atomic mass is 10.2. The number of hydrogen-bond donors (Lipinski definition) is 2. The number of carboxylic acids is 1. The molecular formula is C12H15NO7S. The van der Waals surface area contributed by atoms with Crippen LogP contribution in [-0.4, -0.2) is 45.4 Å². The Morgan fingerprint density at radius 1 is 1.29 bits per heavy atom. The molecule has 2 N–H and O–H groups in total. The molecule has 0 heterocycles. The number of sulfonamides is 1. The predicted molar refractivity (Wildman–Crippen MR) is 74.0 cm³/mol. The van der Waals surface area contributed by atoms with Gasteiger partial charge in [-0.3, -0.25) is 9.52 Å². The van der Waals surface area contributed by atoms with Crippen molar-refractivity contribution in [3.8, 4) is 5.75 Å². The Hall–Kier alpha value is -2.29. The number of aromatic carboxylic acids is 1. The monoisotopic (exact) mass is 317 g/mol. The van der Waals surface area contributed by atoms with E-state index in [2.05, 4.69) is 9.46 Å². The predicted octanol–water partition coefficient (Wildman–Crippen LogP) is 0.698. The van der Waals surface area contributed by atoms with Crippen LogP contribution >= 0.6 is 0 Å². The quantitative estimate of drug-likeness (QED) is 0.710. The van der Waals surface area contributed by atoms with Gasteiger partial charge in [-0.2, -0.15) is 0 Å². The summed E-state index contributed by atoms with van der Waals surface area (Å²) in [6, 6.07) is 3.76. The number of ether oxygens (including phenoxy) is 2. The summed E-state index contributed by atoms with van der Waals surface area (Å²) in [4.78, 5) is 21.8. The third kappa shape index (κ3) is 4.95. The summed E-state index contributed by atoms with van der Waals surface area (Å²) in [5.74, 6) is -2.25. The molecule has 0 radical (unpaired) electrons. The summed E-state index contributed by atoms with van der Waals surface area (Å²) in [6.45, 7) is 0. The van der Waals surface area contributed by atoms with Crippen LogP contribution in [0.15, 0.2) is 18.2 Å². The minimum absolute atomic E-state index is 0.0238. The number of carboxylic acid groups (broad SMARTS) is 1. The van der Waals surface area contributed by atoms with Crippen LogP contribution in [0.5, 0.6) is 5.75 Å². The first kappa shape index (κ1) is 16.8. The van der Waals surface area contributed by atoms with E-state index >= 15 is 0 Å². The highest BCUT2D eigenvalue weighted by molar-refractivity contribution is 7.92. The van der Waals surface area contributed by atoms with Crippen LogP contribution < -0.4 is 9.46 Å². The van der Waals surface area contributed by atoms with Crippen LogP contribution in [0.1, 0.15) is 16.8 Å². The average molecular weight is 317 g/mol. The third-order valence-corrected chi connectivity index (χ3v) is 3.80. The molecule has 116 valence electrons. The van der Waals surface area contributed by atoms with Gasteiger partial charge < -0.3 is 14.6 Å². The number of methoxy groups -OCH3 is 2. The number of hydrogen-bond acceptors (Lipinski definition) is 6. The highest BCUT2D eigenvalue weighted by Gasteiger charge is 2.16. The zero-order valence-electron chi connectivity index (χ0n) is 11.5. The maximum absolute atomic E-state index is 11.8. The number of carbonyl (C=O) groups excluding carboxylic acids is 1. The van der Waals surface area contributed by atoms with Gasteiger partial charge in [-0.05, 0) is 12.1 Å². The van der Waals surface area contributed by atoms with Crippen molar-refractivity contribution in [2.75, 3.05) is 24.7 Å². The van der Waals surface area contributed by atoms with Gasteiger partial charge in [0.2, 0.25) is 10.0 Å². The summed E-state index contributed by atoms with van der Waals surface area (Å²) in [7, 11) is -1.31. The summed E-state index contributed by atoms with van der Waals surface area (Å²) in [6.07, 6.45) is -0.282. The second-order valence-corrected chi connectivity index (χ2v) is 5.81. The maximum Gasteiger partial charge on any atom is 0.339 e. The first-order valence-corrected chi connectivity index (χ1v) is 7.43. The summed E-state index contributed by atoms with van der Waals surface area (Å²) in [5, 5.41) is 8.92. The Morgan fingerprint density at radius 3 is 2.48 bits per heavy atom. The molecule has 0 saturated carbocycles. The van der Waals surface area contributed by atoms with E-state index in [-0.39, 0.29) is 23.4 Å². The van der Waals surface area contributed by atoms with Gasteiger partial charge in [0.1, 0.15) is 11.3 Å². The van der Waals surface area contributed by atoms with Crippen LogP contribution in [0.3, 0.4) is 0 Å². The van der Waals surface area contributed by atoms with Crippen molar-refractivity contribution in [1.29, 1.82) is 0 Å². The number of benzene rings is 1. The SMILES string of the molecule is COC(=O)CCS(=O)(=O)Nc1ccc(C(=O)O)c(OC)c1. The first-order chi connectivity index (χ1) is 9.79. The van der Waals surface area contributed by atoms with Gasteiger partial charge in [0, 0.05) is 6.07 Å². The van der Waals surface area contributed by atoms with Crippen molar-refractivity contribution in [2.24, 2.45) is 0 Å². The lowest BCUT2D eigenvalue weighted by Crippen LogP contribution is -2.19. The van der Waals surface area contributed by atoms with E-state index in [4.69, 9.17) is 9.84 Å². The molecule has 0 atom stereocenters. The Kier molecular flexibility index (Phi) is 5.53. The highest BCUT2D eigenvalue weighted by Crippen LogP contribution is 2.24. The van der Waals surface area contributed by atoms with Crippen molar-refractivity contribution in [3.05, 3.63) is 23.8 Å². The van der Waals surface area contributed by atoms with Crippen LogP contribution in [0.2, 0.25) is 0 Å². The molecule has 0 saturated heterocycles. The molecule has 0 aliphatic carbocycles. The topological polar surface area (TPSA) is 119 Å². The third-order valence-electron chi connectivity index (χ3n) is 2.51. The molecule has 9 heteroatoms. The smallest absolute Gasteiger partial charge is 0.339 e. The highest BCUT2D eigenvalue weighted by atomic mass is 32.2. The Morgan fingerprint density at radius 2 is 1.95 bits per heavy atom. The number of nitrogens with one attached hydrogen (secondary N) is 1. The number of anilines is 1. The second kappa shape index (κ2) is 6.93. The maximum atomic E-state index is 11.8.